The van der Waals surface area contributed by atoms with Crippen LogP contribution in [0.4, 0.5) is 0 Å². The van der Waals surface area contributed by atoms with Crippen LogP contribution >= 0.6 is 0 Å². The zero-order chi connectivity index (χ0) is 13.2. The molecule has 2 unspecified atom stereocenters. The standard InChI is InChI=1S/C14H24N2O2/c1-14(17,10-16(2)3)9-15-12-5-4-6-13-11(12)7-8-18-13/h7-8,12,15,17H,4-6,9-10H2,1-3H3. The summed E-state index contributed by atoms with van der Waals surface area (Å²) in [5, 5.41) is 13.8. The molecule has 0 saturated heterocycles. The fraction of sp³-hybridized carbons (Fsp3) is 0.714. The molecule has 0 fully saturated rings. The van der Waals surface area contributed by atoms with Crippen LogP contribution in [0.5, 0.6) is 0 Å². The topological polar surface area (TPSA) is 48.6 Å². The number of nitrogens with one attached hydrogen (secondary N) is 1. The van der Waals surface area contributed by atoms with Gasteiger partial charge in [-0.15, -0.1) is 0 Å². The van der Waals surface area contributed by atoms with E-state index in [1.54, 1.807) is 6.26 Å². The molecule has 2 N–H and O–H groups in total. The van der Waals surface area contributed by atoms with Crippen molar-refractivity contribution in [2.24, 2.45) is 0 Å². The Bertz CT molecular complexity index is 385. The second-order valence-corrected chi connectivity index (χ2v) is 5.86. The number of rotatable bonds is 5. The summed E-state index contributed by atoms with van der Waals surface area (Å²) in [6, 6.07) is 2.37. The summed E-state index contributed by atoms with van der Waals surface area (Å²) in [4.78, 5) is 2.01. The van der Waals surface area contributed by atoms with Crippen molar-refractivity contribution in [2.75, 3.05) is 27.2 Å². The van der Waals surface area contributed by atoms with Crippen molar-refractivity contribution in [3.63, 3.8) is 0 Å². The van der Waals surface area contributed by atoms with Gasteiger partial charge in [-0.2, -0.15) is 0 Å². The van der Waals surface area contributed by atoms with E-state index in [2.05, 4.69) is 5.32 Å². The van der Waals surface area contributed by atoms with Gasteiger partial charge in [0.05, 0.1) is 11.9 Å². The highest BCUT2D eigenvalue weighted by Crippen LogP contribution is 2.30. The van der Waals surface area contributed by atoms with Crippen LogP contribution in [0, 0.1) is 0 Å². The molecule has 0 aliphatic heterocycles. The monoisotopic (exact) mass is 252 g/mol. The normalized spacial score (nSPS) is 22.8. The van der Waals surface area contributed by atoms with Crippen LogP contribution in [0.1, 0.15) is 37.1 Å². The molecule has 1 heterocycles. The van der Waals surface area contributed by atoms with Crippen molar-refractivity contribution in [2.45, 2.75) is 37.8 Å². The van der Waals surface area contributed by atoms with E-state index in [0.29, 0.717) is 19.1 Å². The molecule has 0 aromatic carbocycles. The first-order valence-corrected chi connectivity index (χ1v) is 6.65. The van der Waals surface area contributed by atoms with Crippen molar-refractivity contribution in [3.05, 3.63) is 23.7 Å². The van der Waals surface area contributed by atoms with Crippen molar-refractivity contribution < 1.29 is 9.52 Å². The molecule has 1 aromatic rings. The number of fused-ring (bicyclic) bond motifs is 1. The minimum Gasteiger partial charge on any atom is -0.469 e. The molecule has 2 rings (SSSR count). The van der Waals surface area contributed by atoms with Gasteiger partial charge in [0.25, 0.3) is 0 Å². The van der Waals surface area contributed by atoms with Gasteiger partial charge >= 0.3 is 0 Å². The number of furan rings is 1. The summed E-state index contributed by atoms with van der Waals surface area (Å²) < 4.78 is 5.47. The maximum atomic E-state index is 10.3. The Morgan fingerprint density at radius 1 is 1.56 bits per heavy atom. The fourth-order valence-corrected chi connectivity index (χ4v) is 2.78. The first kappa shape index (κ1) is 13.6. The summed E-state index contributed by atoms with van der Waals surface area (Å²) in [6.45, 7) is 3.13. The maximum absolute atomic E-state index is 10.3. The van der Waals surface area contributed by atoms with Gasteiger partial charge in [-0.25, -0.2) is 0 Å². The van der Waals surface area contributed by atoms with Crippen LogP contribution in [-0.4, -0.2) is 42.8 Å². The van der Waals surface area contributed by atoms with Gasteiger partial charge in [0, 0.05) is 31.1 Å². The van der Waals surface area contributed by atoms with E-state index in [0.717, 1.165) is 25.0 Å². The van der Waals surface area contributed by atoms with Crippen LogP contribution in [-0.2, 0) is 6.42 Å². The van der Waals surface area contributed by atoms with Crippen LogP contribution < -0.4 is 5.32 Å². The lowest BCUT2D eigenvalue weighted by molar-refractivity contribution is 0.0307. The third-order valence-electron chi connectivity index (χ3n) is 3.44. The lowest BCUT2D eigenvalue weighted by Crippen LogP contribution is -2.46. The minimum atomic E-state index is -0.704. The Kier molecular flexibility index (Phi) is 4.10. The second kappa shape index (κ2) is 5.43. The van der Waals surface area contributed by atoms with Crippen molar-refractivity contribution in [3.8, 4) is 0 Å². The third-order valence-corrected chi connectivity index (χ3v) is 3.44. The summed E-state index contributed by atoms with van der Waals surface area (Å²) in [5.41, 5.74) is 0.562. The molecular weight excluding hydrogens is 228 g/mol. The minimum absolute atomic E-state index is 0.320. The number of nitrogens with zero attached hydrogens (tertiary/aromatic N) is 1. The van der Waals surface area contributed by atoms with Crippen molar-refractivity contribution >= 4 is 0 Å². The van der Waals surface area contributed by atoms with E-state index in [1.165, 1.54) is 5.56 Å². The molecule has 4 nitrogen and oxygen atoms in total. The zero-order valence-electron chi connectivity index (χ0n) is 11.6. The lowest BCUT2D eigenvalue weighted by atomic mass is 9.92. The van der Waals surface area contributed by atoms with Gasteiger partial charge in [-0.3, -0.25) is 0 Å². The zero-order valence-corrected chi connectivity index (χ0v) is 11.6. The number of aliphatic hydroxyl groups is 1. The summed E-state index contributed by atoms with van der Waals surface area (Å²) in [7, 11) is 3.95. The van der Waals surface area contributed by atoms with E-state index in [4.69, 9.17) is 4.42 Å². The Labute approximate surface area is 109 Å². The van der Waals surface area contributed by atoms with Crippen molar-refractivity contribution in [1.82, 2.24) is 10.2 Å². The quantitative estimate of drug-likeness (QED) is 0.835. The molecule has 0 saturated carbocycles. The van der Waals surface area contributed by atoms with E-state index in [-0.39, 0.29) is 0 Å². The second-order valence-electron chi connectivity index (χ2n) is 5.86. The maximum Gasteiger partial charge on any atom is 0.108 e. The fourth-order valence-electron chi connectivity index (χ4n) is 2.78. The largest absolute Gasteiger partial charge is 0.469 e. The average Bonchev–Trinajstić information content (AvgIpc) is 2.72. The SMILES string of the molecule is CN(C)CC(C)(O)CNC1CCCc2occc21. The van der Waals surface area contributed by atoms with Crippen LogP contribution in [0.3, 0.4) is 0 Å². The van der Waals surface area contributed by atoms with Crippen LogP contribution in [0.2, 0.25) is 0 Å². The summed E-state index contributed by atoms with van der Waals surface area (Å²) in [6.07, 6.45) is 5.07. The number of aryl methyl sites for hydroxylation is 1. The number of hydrogen-bond acceptors (Lipinski definition) is 4. The van der Waals surface area contributed by atoms with Crippen molar-refractivity contribution in [1.29, 1.82) is 0 Å². The van der Waals surface area contributed by atoms with E-state index < -0.39 is 5.60 Å². The van der Waals surface area contributed by atoms with Gasteiger partial charge in [-0.1, -0.05) is 0 Å². The number of likely N-dealkylation sites (N-methyl/N-ethyl adjacent to an activating group) is 1. The summed E-state index contributed by atoms with van der Waals surface area (Å²) >= 11 is 0. The molecule has 0 spiro atoms. The molecular formula is C14H24N2O2. The molecule has 4 heteroatoms. The van der Waals surface area contributed by atoms with Gasteiger partial charge in [0.2, 0.25) is 0 Å². The highest BCUT2D eigenvalue weighted by Gasteiger charge is 2.26. The third kappa shape index (κ3) is 3.34. The lowest BCUT2D eigenvalue weighted by Gasteiger charge is -2.31. The Balaban J connectivity index is 1.92. The number of hydrogen-bond donors (Lipinski definition) is 2. The molecule has 1 aliphatic rings. The Morgan fingerprint density at radius 3 is 3.06 bits per heavy atom. The van der Waals surface area contributed by atoms with E-state index in [9.17, 15) is 5.11 Å². The first-order chi connectivity index (χ1) is 8.48. The summed E-state index contributed by atoms with van der Waals surface area (Å²) in [5.74, 6) is 1.10. The highest BCUT2D eigenvalue weighted by atomic mass is 16.3. The smallest absolute Gasteiger partial charge is 0.108 e. The van der Waals surface area contributed by atoms with Crippen LogP contribution in [0.15, 0.2) is 16.7 Å². The predicted molar refractivity (Wildman–Crippen MR) is 71.6 cm³/mol. The van der Waals surface area contributed by atoms with Gasteiger partial charge in [0.1, 0.15) is 5.76 Å². The molecule has 1 aromatic heterocycles. The van der Waals surface area contributed by atoms with Gasteiger partial charge in [-0.05, 0) is 39.9 Å². The first-order valence-electron chi connectivity index (χ1n) is 6.65. The predicted octanol–water partition coefficient (Wildman–Crippen LogP) is 1.56. The highest BCUT2D eigenvalue weighted by molar-refractivity contribution is 5.24. The van der Waals surface area contributed by atoms with Gasteiger partial charge < -0.3 is 19.7 Å². The molecule has 18 heavy (non-hydrogen) atoms. The average molecular weight is 252 g/mol. The molecule has 0 amide bonds. The van der Waals surface area contributed by atoms with Gasteiger partial charge in [0.15, 0.2) is 0 Å². The van der Waals surface area contributed by atoms with E-state index >= 15 is 0 Å². The molecule has 2 atom stereocenters. The molecule has 102 valence electrons. The molecule has 0 bridgehead atoms. The van der Waals surface area contributed by atoms with Crippen LogP contribution in [0.25, 0.3) is 0 Å². The molecule has 1 aliphatic carbocycles. The molecule has 0 radical (unpaired) electrons. The Morgan fingerprint density at radius 2 is 2.33 bits per heavy atom. The van der Waals surface area contributed by atoms with E-state index in [1.807, 2.05) is 32.0 Å². The Hall–Kier alpha value is -0.840.